The maximum absolute atomic E-state index is 12.1. The van der Waals surface area contributed by atoms with Crippen LogP contribution < -0.4 is 0 Å². The fourth-order valence-electron chi connectivity index (χ4n) is 2.63. The number of halogens is 1. The standard InChI is InChI=1S/C16H31NO3.ClH/c1-5-17(6-2)12-13-19-15(18)16(3,4)20-14-10-8-7-9-11-14;/h14H,5-13H2,1-4H3;1H. The molecule has 0 saturated heterocycles. The molecular weight excluding hydrogens is 290 g/mol. The van der Waals surface area contributed by atoms with E-state index in [0.29, 0.717) is 6.61 Å². The zero-order valence-electron chi connectivity index (χ0n) is 14.0. The van der Waals surface area contributed by atoms with Crippen LogP contribution in [0.1, 0.15) is 59.8 Å². The number of hydrogen-bond acceptors (Lipinski definition) is 4. The SMILES string of the molecule is CCN(CC)CCOC(=O)C(C)(C)OC1CCCCC1.Cl. The van der Waals surface area contributed by atoms with Gasteiger partial charge in [-0.15, -0.1) is 12.4 Å². The van der Waals surface area contributed by atoms with Gasteiger partial charge in [-0.3, -0.25) is 0 Å². The van der Waals surface area contributed by atoms with Crippen LogP contribution in [0, 0.1) is 0 Å². The molecule has 21 heavy (non-hydrogen) atoms. The molecule has 5 heteroatoms. The Morgan fingerprint density at radius 3 is 2.24 bits per heavy atom. The summed E-state index contributed by atoms with van der Waals surface area (Å²) in [6.45, 7) is 11.1. The average Bonchev–Trinajstić information content (AvgIpc) is 2.44. The maximum atomic E-state index is 12.1. The van der Waals surface area contributed by atoms with Crippen LogP contribution in [0.25, 0.3) is 0 Å². The highest BCUT2D eigenvalue weighted by atomic mass is 35.5. The van der Waals surface area contributed by atoms with Gasteiger partial charge in [-0.2, -0.15) is 0 Å². The van der Waals surface area contributed by atoms with E-state index in [1.54, 1.807) is 0 Å². The third-order valence-corrected chi connectivity index (χ3v) is 4.04. The highest BCUT2D eigenvalue weighted by Crippen LogP contribution is 2.25. The van der Waals surface area contributed by atoms with Crippen molar-refractivity contribution >= 4 is 18.4 Å². The lowest BCUT2D eigenvalue weighted by Crippen LogP contribution is -2.41. The molecule has 0 aromatic carbocycles. The summed E-state index contributed by atoms with van der Waals surface area (Å²) in [4.78, 5) is 14.4. The average molecular weight is 322 g/mol. The zero-order chi connectivity index (χ0) is 15.0. The van der Waals surface area contributed by atoms with Crippen LogP contribution in [0.4, 0.5) is 0 Å². The van der Waals surface area contributed by atoms with Crippen LogP contribution in [0.2, 0.25) is 0 Å². The summed E-state index contributed by atoms with van der Waals surface area (Å²) in [6.07, 6.45) is 6.05. The fraction of sp³-hybridized carbons (Fsp3) is 0.938. The van der Waals surface area contributed by atoms with Crippen LogP contribution in [-0.2, 0) is 14.3 Å². The Morgan fingerprint density at radius 2 is 1.71 bits per heavy atom. The topological polar surface area (TPSA) is 38.8 Å². The molecule has 0 aliphatic heterocycles. The Hall–Kier alpha value is -0.320. The molecule has 0 heterocycles. The molecule has 1 aliphatic carbocycles. The monoisotopic (exact) mass is 321 g/mol. The van der Waals surface area contributed by atoms with E-state index in [4.69, 9.17) is 9.47 Å². The first-order valence-corrected chi connectivity index (χ1v) is 8.07. The van der Waals surface area contributed by atoms with E-state index in [2.05, 4.69) is 18.7 Å². The molecule has 1 rings (SSSR count). The first kappa shape index (κ1) is 20.7. The normalized spacial score (nSPS) is 16.6. The molecule has 0 radical (unpaired) electrons. The zero-order valence-corrected chi connectivity index (χ0v) is 14.8. The van der Waals surface area contributed by atoms with E-state index >= 15 is 0 Å². The van der Waals surface area contributed by atoms with E-state index in [1.165, 1.54) is 19.3 Å². The van der Waals surface area contributed by atoms with Crippen LogP contribution in [0.5, 0.6) is 0 Å². The maximum Gasteiger partial charge on any atom is 0.337 e. The van der Waals surface area contributed by atoms with Crippen molar-refractivity contribution in [3.8, 4) is 0 Å². The van der Waals surface area contributed by atoms with E-state index < -0.39 is 5.60 Å². The largest absolute Gasteiger partial charge is 0.462 e. The van der Waals surface area contributed by atoms with Crippen molar-refractivity contribution in [2.45, 2.75) is 71.5 Å². The van der Waals surface area contributed by atoms with Crippen LogP contribution in [0.3, 0.4) is 0 Å². The third kappa shape index (κ3) is 7.48. The van der Waals surface area contributed by atoms with Gasteiger partial charge in [0.15, 0.2) is 5.60 Å². The van der Waals surface area contributed by atoms with Crippen LogP contribution in [-0.4, -0.2) is 48.8 Å². The molecule has 0 spiro atoms. The molecule has 0 N–H and O–H groups in total. The van der Waals surface area contributed by atoms with Gasteiger partial charge in [-0.25, -0.2) is 4.79 Å². The Bertz CT molecular complexity index is 287. The van der Waals surface area contributed by atoms with Crippen molar-refractivity contribution in [3.05, 3.63) is 0 Å². The number of nitrogens with zero attached hydrogens (tertiary/aromatic N) is 1. The second kappa shape index (κ2) is 10.4. The second-order valence-corrected chi connectivity index (χ2v) is 6.05. The minimum absolute atomic E-state index is 0. The summed E-state index contributed by atoms with van der Waals surface area (Å²) >= 11 is 0. The highest BCUT2D eigenvalue weighted by molar-refractivity contribution is 5.85. The van der Waals surface area contributed by atoms with Crippen molar-refractivity contribution < 1.29 is 14.3 Å². The number of carbonyl (C=O) groups is 1. The van der Waals surface area contributed by atoms with Gasteiger partial charge in [0.1, 0.15) is 6.61 Å². The molecule has 0 amide bonds. The lowest BCUT2D eigenvalue weighted by molar-refractivity contribution is -0.177. The molecule has 0 aromatic heterocycles. The smallest absolute Gasteiger partial charge is 0.337 e. The summed E-state index contributed by atoms with van der Waals surface area (Å²) in [6, 6.07) is 0. The van der Waals surface area contributed by atoms with Crippen molar-refractivity contribution in [3.63, 3.8) is 0 Å². The Kier molecular flexibility index (Phi) is 10.3. The molecule has 1 aliphatic rings. The Morgan fingerprint density at radius 1 is 1.14 bits per heavy atom. The third-order valence-electron chi connectivity index (χ3n) is 4.04. The van der Waals surface area contributed by atoms with Gasteiger partial charge < -0.3 is 14.4 Å². The molecule has 1 fully saturated rings. The summed E-state index contributed by atoms with van der Waals surface area (Å²) in [5.74, 6) is -0.241. The van der Waals surface area contributed by atoms with Crippen molar-refractivity contribution in [1.82, 2.24) is 4.90 Å². The number of hydrogen-bond donors (Lipinski definition) is 0. The number of rotatable bonds is 8. The predicted octanol–water partition coefficient (Wildman–Crippen LogP) is 3.42. The van der Waals surface area contributed by atoms with Gasteiger partial charge in [0, 0.05) is 6.54 Å². The van der Waals surface area contributed by atoms with Gasteiger partial charge in [0.25, 0.3) is 0 Å². The fourth-order valence-corrected chi connectivity index (χ4v) is 2.63. The summed E-state index contributed by atoms with van der Waals surface area (Å²) in [5.41, 5.74) is -0.828. The molecule has 0 unspecified atom stereocenters. The first-order chi connectivity index (χ1) is 9.49. The summed E-state index contributed by atoms with van der Waals surface area (Å²) in [7, 11) is 0. The molecular formula is C16H32ClNO3. The lowest BCUT2D eigenvalue weighted by atomic mass is 9.97. The van der Waals surface area contributed by atoms with Gasteiger partial charge in [-0.05, 0) is 39.8 Å². The first-order valence-electron chi connectivity index (χ1n) is 8.07. The van der Waals surface area contributed by atoms with Crippen LogP contribution >= 0.6 is 12.4 Å². The van der Waals surface area contributed by atoms with Crippen LogP contribution in [0.15, 0.2) is 0 Å². The molecule has 0 bridgehead atoms. The molecule has 4 nitrogen and oxygen atoms in total. The quantitative estimate of drug-likeness (QED) is 0.642. The van der Waals surface area contributed by atoms with E-state index in [0.717, 1.165) is 32.5 Å². The van der Waals surface area contributed by atoms with Crippen molar-refractivity contribution in [1.29, 1.82) is 0 Å². The number of esters is 1. The highest BCUT2D eigenvalue weighted by Gasteiger charge is 2.33. The van der Waals surface area contributed by atoms with E-state index in [9.17, 15) is 4.79 Å². The van der Waals surface area contributed by atoms with Gasteiger partial charge in [0.2, 0.25) is 0 Å². The number of carbonyl (C=O) groups excluding carboxylic acids is 1. The van der Waals surface area contributed by atoms with Gasteiger partial charge in [0.05, 0.1) is 6.10 Å². The number of likely N-dealkylation sites (N-methyl/N-ethyl adjacent to an activating group) is 1. The summed E-state index contributed by atoms with van der Waals surface area (Å²) < 4.78 is 11.3. The summed E-state index contributed by atoms with van der Waals surface area (Å²) in [5, 5.41) is 0. The van der Waals surface area contributed by atoms with Crippen molar-refractivity contribution in [2.75, 3.05) is 26.2 Å². The second-order valence-electron chi connectivity index (χ2n) is 6.05. The molecule has 0 atom stereocenters. The van der Waals surface area contributed by atoms with E-state index in [1.807, 2.05) is 13.8 Å². The molecule has 126 valence electrons. The van der Waals surface area contributed by atoms with Gasteiger partial charge >= 0.3 is 5.97 Å². The lowest BCUT2D eigenvalue weighted by Gasteiger charge is -2.31. The minimum atomic E-state index is -0.828. The van der Waals surface area contributed by atoms with E-state index in [-0.39, 0.29) is 24.5 Å². The predicted molar refractivity (Wildman–Crippen MR) is 88.0 cm³/mol. The molecule has 0 aromatic rings. The van der Waals surface area contributed by atoms with Gasteiger partial charge in [-0.1, -0.05) is 33.1 Å². The molecule has 1 saturated carbocycles. The Balaban J connectivity index is 0.00000400. The van der Waals surface area contributed by atoms with Crippen molar-refractivity contribution in [2.24, 2.45) is 0 Å². The number of ether oxygens (including phenoxy) is 2. The minimum Gasteiger partial charge on any atom is -0.462 e. The Labute approximate surface area is 136 Å².